The fourth-order valence-electron chi connectivity index (χ4n) is 1.80. The van der Waals surface area contributed by atoms with Crippen molar-refractivity contribution in [2.24, 2.45) is 0 Å². The number of halogens is 1. The van der Waals surface area contributed by atoms with Gasteiger partial charge in [-0.2, -0.15) is 0 Å². The van der Waals surface area contributed by atoms with Gasteiger partial charge in [0.15, 0.2) is 0 Å². The van der Waals surface area contributed by atoms with Gasteiger partial charge in [-0.25, -0.2) is 0 Å². The molecule has 0 saturated heterocycles. The minimum Gasteiger partial charge on any atom is -0.506 e. The predicted octanol–water partition coefficient (Wildman–Crippen LogP) is 4.34. The van der Waals surface area contributed by atoms with Gasteiger partial charge in [-0.15, -0.1) is 0 Å². The van der Waals surface area contributed by atoms with E-state index in [1.165, 1.54) is 0 Å². The molecule has 0 heterocycles. The smallest absolute Gasteiger partial charge is 0.136 e. The van der Waals surface area contributed by atoms with Gasteiger partial charge in [0.2, 0.25) is 0 Å². The molecule has 4 heteroatoms. The second-order valence-electron chi connectivity index (χ2n) is 4.12. The van der Waals surface area contributed by atoms with E-state index in [2.05, 4.69) is 15.9 Å². The average molecular weight is 335 g/mol. The number of hydrogen-bond acceptors (Lipinski definition) is 3. The van der Waals surface area contributed by atoms with E-state index in [1.54, 1.807) is 20.3 Å². The van der Waals surface area contributed by atoms with Crippen LogP contribution in [0.2, 0.25) is 0 Å². The molecule has 3 nitrogen and oxygen atoms in total. The van der Waals surface area contributed by atoms with Crippen LogP contribution >= 0.6 is 15.9 Å². The van der Waals surface area contributed by atoms with Crippen LogP contribution in [0.5, 0.6) is 17.2 Å². The minimum atomic E-state index is 0.219. The number of phenols is 1. The number of methoxy groups -OCH3 is 2. The van der Waals surface area contributed by atoms with Crippen LogP contribution in [0.3, 0.4) is 0 Å². The Morgan fingerprint density at radius 2 is 1.75 bits per heavy atom. The molecule has 1 N–H and O–H groups in total. The Balaban J connectivity index is 2.34. The van der Waals surface area contributed by atoms with Gasteiger partial charge in [0, 0.05) is 17.2 Å². The molecular formula is C16H15BrO3. The molecule has 0 aromatic heterocycles. The Morgan fingerprint density at radius 1 is 1.00 bits per heavy atom. The van der Waals surface area contributed by atoms with Crippen molar-refractivity contribution >= 4 is 28.1 Å². The van der Waals surface area contributed by atoms with Gasteiger partial charge >= 0.3 is 0 Å². The summed E-state index contributed by atoms with van der Waals surface area (Å²) in [5.41, 5.74) is 1.64. The van der Waals surface area contributed by atoms with E-state index in [4.69, 9.17) is 9.47 Å². The van der Waals surface area contributed by atoms with Gasteiger partial charge in [0.25, 0.3) is 0 Å². The van der Waals surface area contributed by atoms with Crippen LogP contribution in [0, 0.1) is 0 Å². The van der Waals surface area contributed by atoms with E-state index in [9.17, 15) is 5.11 Å². The lowest BCUT2D eigenvalue weighted by Gasteiger charge is -2.07. The highest BCUT2D eigenvalue weighted by molar-refractivity contribution is 9.10. The van der Waals surface area contributed by atoms with E-state index in [1.807, 2.05) is 42.5 Å². The van der Waals surface area contributed by atoms with Crippen LogP contribution in [0.1, 0.15) is 11.1 Å². The van der Waals surface area contributed by atoms with Crippen molar-refractivity contribution < 1.29 is 14.6 Å². The number of para-hydroxylation sites is 1. The molecule has 0 amide bonds. The fraction of sp³-hybridized carbons (Fsp3) is 0.125. The average Bonchev–Trinajstić information content (AvgIpc) is 2.48. The predicted molar refractivity (Wildman–Crippen MR) is 84.3 cm³/mol. The molecule has 0 saturated carbocycles. The van der Waals surface area contributed by atoms with Crippen molar-refractivity contribution in [2.75, 3.05) is 14.2 Å². The highest BCUT2D eigenvalue weighted by atomic mass is 79.9. The summed E-state index contributed by atoms with van der Waals surface area (Å²) >= 11 is 3.29. The standard InChI is InChI=1S/C16H15BrO3/c1-19-13-9-8-11(15(10-13)20-2)6-7-12-4-3-5-14(17)16(12)18/h3-10,18H,1-2H3. The van der Waals surface area contributed by atoms with Crippen LogP contribution < -0.4 is 9.47 Å². The molecule has 0 unspecified atom stereocenters. The van der Waals surface area contributed by atoms with Crippen LogP contribution in [0.4, 0.5) is 0 Å². The van der Waals surface area contributed by atoms with Crippen LogP contribution in [-0.4, -0.2) is 19.3 Å². The van der Waals surface area contributed by atoms with Crippen molar-refractivity contribution in [1.29, 1.82) is 0 Å². The number of benzene rings is 2. The van der Waals surface area contributed by atoms with Crippen molar-refractivity contribution in [2.45, 2.75) is 0 Å². The third kappa shape index (κ3) is 3.14. The third-order valence-corrected chi connectivity index (χ3v) is 3.54. The zero-order valence-corrected chi connectivity index (χ0v) is 12.8. The fourth-order valence-corrected chi connectivity index (χ4v) is 2.18. The molecule has 0 aliphatic heterocycles. The summed E-state index contributed by atoms with van der Waals surface area (Å²) in [5, 5.41) is 9.93. The molecule has 0 radical (unpaired) electrons. The summed E-state index contributed by atoms with van der Waals surface area (Å²) in [6.07, 6.45) is 3.73. The third-order valence-electron chi connectivity index (χ3n) is 2.90. The maximum Gasteiger partial charge on any atom is 0.136 e. The first kappa shape index (κ1) is 14.5. The Kier molecular flexibility index (Phi) is 4.69. The molecular weight excluding hydrogens is 320 g/mol. The second-order valence-corrected chi connectivity index (χ2v) is 4.97. The summed E-state index contributed by atoms with van der Waals surface area (Å²) in [4.78, 5) is 0. The van der Waals surface area contributed by atoms with Crippen LogP contribution in [0.25, 0.3) is 12.2 Å². The second kappa shape index (κ2) is 6.48. The van der Waals surface area contributed by atoms with Crippen LogP contribution in [0.15, 0.2) is 40.9 Å². The number of rotatable bonds is 4. The SMILES string of the molecule is COc1ccc(C=Cc2cccc(Br)c2O)c(OC)c1. The van der Waals surface area contributed by atoms with Crippen molar-refractivity contribution in [3.63, 3.8) is 0 Å². The van der Waals surface area contributed by atoms with E-state index >= 15 is 0 Å². The normalized spacial score (nSPS) is 10.8. The number of ether oxygens (including phenoxy) is 2. The van der Waals surface area contributed by atoms with Crippen molar-refractivity contribution in [1.82, 2.24) is 0 Å². The first-order chi connectivity index (χ1) is 9.65. The van der Waals surface area contributed by atoms with E-state index in [-0.39, 0.29) is 5.75 Å². The highest BCUT2D eigenvalue weighted by Gasteiger charge is 2.04. The molecule has 2 rings (SSSR count). The minimum absolute atomic E-state index is 0.219. The first-order valence-corrected chi connectivity index (χ1v) is 6.82. The number of aromatic hydroxyl groups is 1. The number of hydrogen-bond donors (Lipinski definition) is 1. The zero-order chi connectivity index (χ0) is 14.5. The molecule has 20 heavy (non-hydrogen) atoms. The van der Waals surface area contributed by atoms with Gasteiger partial charge in [-0.05, 0) is 34.1 Å². The summed E-state index contributed by atoms with van der Waals surface area (Å²) in [5.74, 6) is 1.68. The van der Waals surface area contributed by atoms with Gasteiger partial charge < -0.3 is 14.6 Å². The first-order valence-electron chi connectivity index (χ1n) is 6.03. The van der Waals surface area contributed by atoms with E-state index in [0.29, 0.717) is 4.47 Å². The van der Waals surface area contributed by atoms with Crippen molar-refractivity contribution in [3.05, 3.63) is 52.0 Å². The summed E-state index contributed by atoms with van der Waals surface area (Å²) < 4.78 is 11.2. The summed E-state index contributed by atoms with van der Waals surface area (Å²) in [6.45, 7) is 0. The molecule has 2 aromatic rings. The van der Waals surface area contributed by atoms with Gasteiger partial charge in [-0.1, -0.05) is 24.3 Å². The molecule has 0 aliphatic rings. The number of phenolic OH excluding ortho intramolecular Hbond substituents is 1. The Bertz CT molecular complexity index is 636. The van der Waals surface area contributed by atoms with E-state index in [0.717, 1.165) is 22.6 Å². The van der Waals surface area contributed by atoms with E-state index < -0.39 is 0 Å². The molecule has 0 spiro atoms. The lowest BCUT2D eigenvalue weighted by atomic mass is 10.1. The maximum absolute atomic E-state index is 9.93. The Hall–Kier alpha value is -1.94. The summed E-state index contributed by atoms with van der Waals surface area (Å²) in [7, 11) is 3.23. The largest absolute Gasteiger partial charge is 0.506 e. The Morgan fingerprint density at radius 3 is 2.45 bits per heavy atom. The zero-order valence-electron chi connectivity index (χ0n) is 11.3. The van der Waals surface area contributed by atoms with Gasteiger partial charge in [0.05, 0.1) is 18.7 Å². The summed E-state index contributed by atoms with van der Waals surface area (Å²) in [6, 6.07) is 11.1. The maximum atomic E-state index is 9.93. The van der Waals surface area contributed by atoms with Gasteiger partial charge in [0.1, 0.15) is 17.2 Å². The lowest BCUT2D eigenvalue weighted by Crippen LogP contribution is -1.89. The molecule has 2 aromatic carbocycles. The lowest BCUT2D eigenvalue weighted by molar-refractivity contribution is 0.394. The van der Waals surface area contributed by atoms with Crippen LogP contribution in [-0.2, 0) is 0 Å². The molecule has 0 aliphatic carbocycles. The Labute approximate surface area is 126 Å². The quantitative estimate of drug-likeness (QED) is 0.845. The molecule has 0 atom stereocenters. The van der Waals surface area contributed by atoms with Gasteiger partial charge in [-0.3, -0.25) is 0 Å². The monoisotopic (exact) mass is 334 g/mol. The molecule has 104 valence electrons. The highest BCUT2D eigenvalue weighted by Crippen LogP contribution is 2.30. The van der Waals surface area contributed by atoms with Crippen molar-refractivity contribution in [3.8, 4) is 17.2 Å². The topological polar surface area (TPSA) is 38.7 Å². The molecule has 0 bridgehead atoms. The molecule has 0 fully saturated rings.